The molecule has 4 rings (SSSR count). The third-order valence-corrected chi connectivity index (χ3v) is 8.12. The van der Waals surface area contributed by atoms with Crippen molar-refractivity contribution in [3.63, 3.8) is 0 Å². The van der Waals surface area contributed by atoms with Gasteiger partial charge < -0.3 is 35.1 Å². The van der Waals surface area contributed by atoms with Crippen molar-refractivity contribution in [2.45, 2.75) is 39.5 Å². The summed E-state index contributed by atoms with van der Waals surface area (Å²) in [7, 11) is 3.01. The second kappa shape index (κ2) is 16.0. The average molecular weight is 620 g/mol. The van der Waals surface area contributed by atoms with Crippen LogP contribution in [0.2, 0.25) is 0 Å². The van der Waals surface area contributed by atoms with Gasteiger partial charge in [0.1, 0.15) is 5.75 Å². The number of carbonyl (C=O) groups excluding carboxylic acids is 3. The van der Waals surface area contributed by atoms with Gasteiger partial charge >= 0.3 is 18.0 Å². The average Bonchev–Trinajstić information content (AvgIpc) is 3.04. The number of ether oxygens (including phenoxy) is 3. The Morgan fingerprint density at radius 3 is 2.31 bits per heavy atom. The van der Waals surface area contributed by atoms with Crippen LogP contribution in [0.4, 0.5) is 16.2 Å². The Morgan fingerprint density at radius 2 is 1.62 bits per heavy atom. The van der Waals surface area contributed by atoms with Gasteiger partial charge in [-0.05, 0) is 70.0 Å². The quantitative estimate of drug-likeness (QED) is 0.235. The first-order chi connectivity index (χ1) is 21.8. The largest absolute Gasteiger partial charge is 0.495 e. The Hall–Kier alpha value is -4.51. The van der Waals surface area contributed by atoms with Crippen LogP contribution in [0.3, 0.4) is 0 Å². The number of para-hydroxylation sites is 2. The van der Waals surface area contributed by atoms with E-state index in [2.05, 4.69) is 31.8 Å². The molecule has 2 aliphatic heterocycles. The number of hydrogen-bond donors (Lipinski definition) is 3. The molecule has 2 amide bonds. The Morgan fingerprint density at radius 1 is 0.911 bits per heavy atom. The Balaban J connectivity index is 1.29. The van der Waals surface area contributed by atoms with E-state index in [1.807, 2.05) is 24.3 Å². The number of dihydropyridines is 1. The van der Waals surface area contributed by atoms with Crippen molar-refractivity contribution < 1.29 is 28.6 Å². The molecule has 1 fully saturated rings. The van der Waals surface area contributed by atoms with E-state index in [9.17, 15) is 14.4 Å². The fraction of sp³-hybridized carbons (Fsp3) is 0.441. The van der Waals surface area contributed by atoms with Gasteiger partial charge in [-0.2, -0.15) is 0 Å². The molecular formula is C34H45N5O6. The normalized spacial score (nSPS) is 17.0. The van der Waals surface area contributed by atoms with Gasteiger partial charge in [0.05, 0.1) is 43.6 Å². The number of hydrogen-bond acceptors (Lipinski definition) is 9. The number of benzene rings is 2. The lowest BCUT2D eigenvalue weighted by molar-refractivity contribution is -0.139. The van der Waals surface area contributed by atoms with Crippen LogP contribution in [-0.4, -0.2) is 83.0 Å². The van der Waals surface area contributed by atoms with Gasteiger partial charge in [-0.3, -0.25) is 4.90 Å². The lowest BCUT2D eigenvalue weighted by atomic mass is 9.80. The van der Waals surface area contributed by atoms with E-state index in [-0.39, 0.29) is 12.6 Å². The summed E-state index contributed by atoms with van der Waals surface area (Å²) in [5.41, 5.74) is 4.16. The minimum atomic E-state index is -0.723. The van der Waals surface area contributed by atoms with Crippen LogP contribution >= 0.6 is 0 Å². The first kappa shape index (κ1) is 33.4. The van der Waals surface area contributed by atoms with Crippen molar-refractivity contribution in [3.8, 4) is 5.75 Å². The summed E-state index contributed by atoms with van der Waals surface area (Å²) in [5, 5.41) is 8.94. The summed E-state index contributed by atoms with van der Waals surface area (Å²) in [6.45, 7) is 10.9. The number of rotatable bonds is 12. The number of esters is 2. The second-order valence-electron chi connectivity index (χ2n) is 11.1. The predicted octanol–water partition coefficient (Wildman–Crippen LogP) is 4.39. The van der Waals surface area contributed by atoms with Gasteiger partial charge in [0.15, 0.2) is 0 Å². The molecule has 0 saturated carbocycles. The van der Waals surface area contributed by atoms with Crippen LogP contribution < -0.4 is 25.6 Å². The van der Waals surface area contributed by atoms with Gasteiger partial charge in [0.2, 0.25) is 0 Å². The van der Waals surface area contributed by atoms with E-state index in [1.165, 1.54) is 7.11 Å². The smallest absolute Gasteiger partial charge is 0.336 e. The first-order valence-electron chi connectivity index (χ1n) is 15.5. The minimum Gasteiger partial charge on any atom is -0.495 e. The van der Waals surface area contributed by atoms with E-state index in [4.69, 9.17) is 14.2 Å². The number of carbonyl (C=O) groups is 3. The molecule has 0 aliphatic carbocycles. The van der Waals surface area contributed by atoms with Gasteiger partial charge in [-0.1, -0.05) is 24.3 Å². The zero-order valence-electron chi connectivity index (χ0n) is 26.9. The third kappa shape index (κ3) is 8.36. The summed E-state index contributed by atoms with van der Waals surface area (Å²) < 4.78 is 15.9. The Labute approximate surface area is 265 Å². The zero-order chi connectivity index (χ0) is 32.3. The van der Waals surface area contributed by atoms with E-state index >= 15 is 0 Å². The van der Waals surface area contributed by atoms with Crippen molar-refractivity contribution in [2.75, 3.05) is 70.3 Å². The number of nitrogens with one attached hydrogen (secondary N) is 3. The SMILES string of the molecule is CCOC(=O)C1=C(C)NC(C)=C(C(=O)OC)C1c1cccc(NC(=O)NCCCCN2CCN(c3ccccc3OC)CC2)c1. The van der Waals surface area contributed by atoms with E-state index < -0.39 is 17.9 Å². The molecule has 2 aromatic carbocycles. The second-order valence-corrected chi connectivity index (χ2v) is 11.1. The maximum Gasteiger partial charge on any atom is 0.336 e. The molecular weight excluding hydrogens is 574 g/mol. The van der Waals surface area contributed by atoms with Crippen molar-refractivity contribution >= 4 is 29.3 Å². The van der Waals surface area contributed by atoms with Gasteiger partial charge in [-0.15, -0.1) is 0 Å². The highest BCUT2D eigenvalue weighted by atomic mass is 16.5. The standard InChI is InChI=1S/C34H45N5O6/c1-6-45-33(41)30-24(3)36-23(2)29(32(40)44-5)31(30)25-12-11-13-26(22-25)37-34(42)35-16-9-10-17-38-18-20-39(21-19-38)27-14-7-8-15-28(27)43-4/h7-8,11-15,22,31,36H,6,9-10,16-21H2,1-5H3,(H2,35,37,42). The highest BCUT2D eigenvalue weighted by molar-refractivity contribution is 6.00. The van der Waals surface area contributed by atoms with Crippen LogP contribution in [0.25, 0.3) is 0 Å². The van der Waals surface area contributed by atoms with E-state index in [0.29, 0.717) is 40.3 Å². The molecule has 11 nitrogen and oxygen atoms in total. The summed E-state index contributed by atoms with van der Waals surface area (Å²) in [5.74, 6) is -0.886. The highest BCUT2D eigenvalue weighted by Gasteiger charge is 2.37. The van der Waals surface area contributed by atoms with Crippen LogP contribution in [0.15, 0.2) is 71.1 Å². The molecule has 1 saturated heterocycles. The summed E-state index contributed by atoms with van der Waals surface area (Å²) in [6, 6.07) is 14.9. The highest BCUT2D eigenvalue weighted by Crippen LogP contribution is 2.40. The fourth-order valence-electron chi connectivity index (χ4n) is 5.92. The molecule has 0 radical (unpaired) electrons. The lowest BCUT2D eigenvalue weighted by Crippen LogP contribution is -2.46. The molecule has 1 atom stereocenters. The fourth-order valence-corrected chi connectivity index (χ4v) is 5.92. The molecule has 242 valence electrons. The number of piperazine rings is 1. The maximum absolute atomic E-state index is 13.0. The molecule has 0 spiro atoms. The summed E-state index contributed by atoms with van der Waals surface area (Å²) in [6.07, 6.45) is 1.83. The number of anilines is 2. The Bertz CT molecular complexity index is 1430. The zero-order valence-corrected chi connectivity index (χ0v) is 26.9. The number of nitrogens with zero attached hydrogens (tertiary/aromatic N) is 2. The van der Waals surface area contributed by atoms with Crippen LogP contribution in [0.5, 0.6) is 5.75 Å². The molecule has 3 N–H and O–H groups in total. The molecule has 0 bridgehead atoms. The van der Waals surface area contributed by atoms with Crippen molar-refractivity contribution in [2.24, 2.45) is 0 Å². The monoisotopic (exact) mass is 619 g/mol. The molecule has 11 heteroatoms. The van der Waals surface area contributed by atoms with Crippen LogP contribution in [0, 0.1) is 0 Å². The number of allylic oxidation sites excluding steroid dienone is 2. The summed E-state index contributed by atoms with van der Waals surface area (Å²) >= 11 is 0. The Kier molecular flexibility index (Phi) is 11.9. The van der Waals surface area contributed by atoms with Gasteiger partial charge in [0, 0.05) is 49.8 Å². The predicted molar refractivity (Wildman–Crippen MR) is 174 cm³/mol. The number of unbranched alkanes of at least 4 members (excludes halogenated alkanes) is 1. The number of amides is 2. The molecule has 2 aliphatic rings. The van der Waals surface area contributed by atoms with E-state index in [0.717, 1.165) is 57.0 Å². The number of urea groups is 1. The molecule has 2 heterocycles. The van der Waals surface area contributed by atoms with E-state index in [1.54, 1.807) is 46.1 Å². The lowest BCUT2D eigenvalue weighted by Gasteiger charge is -2.36. The van der Waals surface area contributed by atoms with Crippen molar-refractivity contribution in [1.82, 2.24) is 15.5 Å². The molecule has 2 aromatic rings. The molecule has 0 aromatic heterocycles. The van der Waals surface area contributed by atoms with Crippen LogP contribution in [0.1, 0.15) is 45.1 Å². The first-order valence-corrected chi connectivity index (χ1v) is 15.5. The number of methoxy groups -OCH3 is 2. The maximum atomic E-state index is 13.0. The van der Waals surface area contributed by atoms with Crippen molar-refractivity contribution in [3.05, 3.63) is 76.6 Å². The van der Waals surface area contributed by atoms with Crippen LogP contribution in [-0.2, 0) is 19.1 Å². The van der Waals surface area contributed by atoms with Gasteiger partial charge in [-0.25, -0.2) is 14.4 Å². The minimum absolute atomic E-state index is 0.195. The third-order valence-electron chi connectivity index (χ3n) is 8.12. The molecule has 1 unspecified atom stereocenters. The topological polar surface area (TPSA) is 121 Å². The summed E-state index contributed by atoms with van der Waals surface area (Å²) in [4.78, 5) is 43.4. The van der Waals surface area contributed by atoms with Gasteiger partial charge in [0.25, 0.3) is 0 Å². The van der Waals surface area contributed by atoms with Crippen molar-refractivity contribution in [1.29, 1.82) is 0 Å². The molecule has 45 heavy (non-hydrogen) atoms.